The molecule has 9 nitrogen and oxygen atoms in total. The van der Waals surface area contributed by atoms with Gasteiger partial charge in [-0.3, -0.25) is 19.6 Å². The van der Waals surface area contributed by atoms with Crippen molar-refractivity contribution in [2.75, 3.05) is 11.9 Å². The van der Waals surface area contributed by atoms with Gasteiger partial charge in [-0.1, -0.05) is 6.07 Å². The lowest BCUT2D eigenvalue weighted by Gasteiger charge is -2.12. The highest BCUT2D eigenvalue weighted by Crippen LogP contribution is 2.23. The molecule has 0 radical (unpaired) electrons. The third-order valence-electron chi connectivity index (χ3n) is 3.35. The molecule has 140 valence electrons. The quantitative estimate of drug-likeness (QED) is 0.329. The molecule has 10 heteroatoms. The van der Waals surface area contributed by atoms with Gasteiger partial charge in [0.05, 0.1) is 24.3 Å². The Morgan fingerprint density at radius 3 is 2.78 bits per heavy atom. The number of halogens is 1. The van der Waals surface area contributed by atoms with Crippen LogP contribution in [0.2, 0.25) is 0 Å². The summed E-state index contributed by atoms with van der Waals surface area (Å²) >= 11 is 0. The van der Waals surface area contributed by atoms with Crippen LogP contribution in [0.3, 0.4) is 0 Å². The van der Waals surface area contributed by atoms with Crippen LogP contribution in [-0.4, -0.2) is 28.6 Å². The van der Waals surface area contributed by atoms with Crippen molar-refractivity contribution >= 4 is 23.3 Å². The Hall–Kier alpha value is -3.55. The number of nitriles is 1. The molecule has 4 N–H and O–H groups in total. The van der Waals surface area contributed by atoms with Gasteiger partial charge >= 0.3 is 0 Å². The standard InChI is InChI=1S/C17H16FN5O4/c1-10-2-5-14(13(18)8-10)21-16-12(4-3-11(9-19)20-16)17(25)23-27-7-6-15(24)22-26/h2-5,8,26H,6-7H2,1H3,(H,20,21)(H,22,24)(H,23,25). The maximum Gasteiger partial charge on any atom is 0.278 e. The van der Waals surface area contributed by atoms with E-state index in [1.165, 1.54) is 29.7 Å². The number of aryl methyl sites for hydroxylation is 1. The van der Waals surface area contributed by atoms with E-state index in [2.05, 4.69) is 15.8 Å². The SMILES string of the molecule is Cc1ccc(Nc2nc(C#N)ccc2C(=O)NOCCC(=O)NO)c(F)c1. The Labute approximate surface area is 153 Å². The zero-order chi connectivity index (χ0) is 19.8. The predicted molar refractivity (Wildman–Crippen MR) is 91.3 cm³/mol. The van der Waals surface area contributed by atoms with Gasteiger partial charge in [0.1, 0.15) is 23.4 Å². The van der Waals surface area contributed by atoms with Crippen LogP contribution < -0.4 is 16.3 Å². The number of anilines is 2. The smallest absolute Gasteiger partial charge is 0.278 e. The van der Waals surface area contributed by atoms with Gasteiger partial charge in [0.2, 0.25) is 5.91 Å². The molecule has 0 atom stereocenters. The van der Waals surface area contributed by atoms with E-state index < -0.39 is 17.6 Å². The maximum atomic E-state index is 14.1. The Bertz CT molecular complexity index is 897. The molecule has 2 amide bonds. The van der Waals surface area contributed by atoms with Crippen LogP contribution in [0, 0.1) is 24.1 Å². The molecule has 1 aromatic heterocycles. The van der Waals surface area contributed by atoms with Crippen LogP contribution in [0.25, 0.3) is 0 Å². The molecule has 0 spiro atoms. The minimum atomic E-state index is -0.716. The topological polar surface area (TPSA) is 136 Å². The van der Waals surface area contributed by atoms with E-state index in [4.69, 9.17) is 15.3 Å². The Morgan fingerprint density at radius 1 is 1.33 bits per heavy atom. The highest BCUT2D eigenvalue weighted by atomic mass is 19.1. The van der Waals surface area contributed by atoms with E-state index in [9.17, 15) is 14.0 Å². The van der Waals surface area contributed by atoms with Crippen molar-refractivity contribution in [3.05, 3.63) is 53.0 Å². The summed E-state index contributed by atoms with van der Waals surface area (Å²) in [4.78, 5) is 32.0. The molecule has 0 saturated carbocycles. The van der Waals surface area contributed by atoms with Gasteiger partial charge in [0.15, 0.2) is 0 Å². The summed E-state index contributed by atoms with van der Waals surface area (Å²) in [5.74, 6) is -1.98. The van der Waals surface area contributed by atoms with Crippen LogP contribution in [0.5, 0.6) is 0 Å². The number of nitrogens with zero attached hydrogens (tertiary/aromatic N) is 2. The first-order valence-electron chi connectivity index (χ1n) is 7.74. The third-order valence-corrected chi connectivity index (χ3v) is 3.35. The largest absolute Gasteiger partial charge is 0.337 e. The molecule has 0 unspecified atom stereocenters. The fourth-order valence-electron chi connectivity index (χ4n) is 2.02. The highest BCUT2D eigenvalue weighted by Gasteiger charge is 2.16. The number of nitrogens with one attached hydrogen (secondary N) is 3. The number of hydrogen-bond acceptors (Lipinski definition) is 7. The summed E-state index contributed by atoms with van der Waals surface area (Å²) in [7, 11) is 0. The summed E-state index contributed by atoms with van der Waals surface area (Å²) < 4.78 is 14.1. The highest BCUT2D eigenvalue weighted by molar-refractivity contribution is 5.98. The van der Waals surface area contributed by atoms with Crippen molar-refractivity contribution in [1.29, 1.82) is 5.26 Å². The van der Waals surface area contributed by atoms with Gasteiger partial charge in [0, 0.05) is 0 Å². The molecule has 0 fully saturated rings. The zero-order valence-electron chi connectivity index (χ0n) is 14.2. The molecule has 0 bridgehead atoms. The van der Waals surface area contributed by atoms with Gasteiger partial charge in [-0.25, -0.2) is 20.3 Å². The molecule has 0 aliphatic heterocycles. The monoisotopic (exact) mass is 373 g/mol. The fraction of sp³-hybridized carbons (Fsp3) is 0.176. The average Bonchev–Trinajstić information content (AvgIpc) is 2.66. The zero-order valence-corrected chi connectivity index (χ0v) is 14.2. The van der Waals surface area contributed by atoms with Crippen LogP contribution in [0.1, 0.15) is 28.0 Å². The summed E-state index contributed by atoms with van der Waals surface area (Å²) in [6.07, 6.45) is -0.178. The number of aromatic nitrogens is 1. The second kappa shape index (κ2) is 9.23. The Balaban J connectivity index is 2.17. The van der Waals surface area contributed by atoms with E-state index >= 15 is 0 Å². The van der Waals surface area contributed by atoms with Gasteiger partial charge in [-0.15, -0.1) is 0 Å². The fourth-order valence-corrected chi connectivity index (χ4v) is 2.02. The molecule has 1 aromatic carbocycles. The van der Waals surface area contributed by atoms with E-state index in [1.54, 1.807) is 13.0 Å². The summed E-state index contributed by atoms with van der Waals surface area (Å²) in [6.45, 7) is 1.55. The van der Waals surface area contributed by atoms with E-state index in [-0.39, 0.29) is 35.8 Å². The summed E-state index contributed by atoms with van der Waals surface area (Å²) in [5, 5.41) is 20.1. The third kappa shape index (κ3) is 5.46. The molecule has 27 heavy (non-hydrogen) atoms. The molecule has 1 heterocycles. The molecule has 0 aliphatic rings. The first-order chi connectivity index (χ1) is 12.9. The molecule has 0 saturated heterocycles. The lowest BCUT2D eigenvalue weighted by molar-refractivity contribution is -0.130. The molecule has 2 aromatic rings. The van der Waals surface area contributed by atoms with Crippen LogP contribution in [-0.2, 0) is 9.63 Å². The van der Waals surface area contributed by atoms with Crippen molar-refractivity contribution in [2.45, 2.75) is 13.3 Å². The number of rotatable bonds is 7. The minimum absolute atomic E-state index is 0.000541. The van der Waals surface area contributed by atoms with Crippen molar-refractivity contribution in [3.8, 4) is 6.07 Å². The molecular formula is C17H16FN5O4. The number of hydroxylamine groups is 2. The van der Waals surface area contributed by atoms with Crippen molar-refractivity contribution in [2.24, 2.45) is 0 Å². The van der Waals surface area contributed by atoms with Crippen molar-refractivity contribution < 1.29 is 24.0 Å². The molecule has 2 rings (SSSR count). The first-order valence-corrected chi connectivity index (χ1v) is 7.74. The maximum absolute atomic E-state index is 14.1. The summed E-state index contributed by atoms with van der Waals surface area (Å²) in [6, 6.07) is 8.96. The summed E-state index contributed by atoms with van der Waals surface area (Å²) in [5.41, 5.74) is 4.36. The number of amides is 2. The van der Waals surface area contributed by atoms with Crippen molar-refractivity contribution in [3.63, 3.8) is 0 Å². The lowest BCUT2D eigenvalue weighted by Crippen LogP contribution is -2.27. The number of hydrogen-bond donors (Lipinski definition) is 4. The normalized spacial score (nSPS) is 10.0. The first kappa shape index (κ1) is 19.8. The van der Waals surface area contributed by atoms with Crippen molar-refractivity contribution in [1.82, 2.24) is 15.9 Å². The number of pyridine rings is 1. The van der Waals surface area contributed by atoms with Crippen LogP contribution in [0.15, 0.2) is 30.3 Å². The van der Waals surface area contributed by atoms with Gasteiger partial charge in [-0.2, -0.15) is 5.26 Å². The van der Waals surface area contributed by atoms with Crippen LogP contribution in [0.4, 0.5) is 15.9 Å². The average molecular weight is 373 g/mol. The second-order valence-electron chi connectivity index (χ2n) is 5.38. The van der Waals surface area contributed by atoms with E-state index in [0.717, 1.165) is 5.56 Å². The predicted octanol–water partition coefficient (Wildman–Crippen LogP) is 1.70. The van der Waals surface area contributed by atoms with Gasteiger partial charge < -0.3 is 5.32 Å². The second-order valence-corrected chi connectivity index (χ2v) is 5.38. The Morgan fingerprint density at radius 2 is 2.11 bits per heavy atom. The molecule has 0 aliphatic carbocycles. The number of carbonyl (C=O) groups is 2. The number of benzene rings is 1. The van der Waals surface area contributed by atoms with E-state index in [0.29, 0.717) is 0 Å². The lowest BCUT2D eigenvalue weighted by atomic mass is 10.2. The van der Waals surface area contributed by atoms with Crippen LogP contribution >= 0.6 is 0 Å². The molecular weight excluding hydrogens is 357 g/mol. The number of carbonyl (C=O) groups excluding carboxylic acids is 2. The Kier molecular flexibility index (Phi) is 6.76. The van der Waals surface area contributed by atoms with E-state index in [1.807, 2.05) is 6.07 Å². The minimum Gasteiger partial charge on any atom is -0.337 e. The van der Waals surface area contributed by atoms with Gasteiger partial charge in [0.25, 0.3) is 5.91 Å². The van der Waals surface area contributed by atoms with Gasteiger partial charge in [-0.05, 0) is 36.8 Å².